The minimum Gasteiger partial charge on any atom is -0.369 e. The third kappa shape index (κ3) is 3.96. The molecule has 1 heterocycles. The van der Waals surface area contributed by atoms with Crippen LogP contribution in [0.3, 0.4) is 0 Å². The van der Waals surface area contributed by atoms with Crippen LogP contribution in [0.4, 0.5) is 5.69 Å². The van der Waals surface area contributed by atoms with E-state index in [0.29, 0.717) is 10.9 Å². The van der Waals surface area contributed by atoms with Crippen molar-refractivity contribution in [3.05, 3.63) is 24.3 Å². The van der Waals surface area contributed by atoms with Crippen LogP contribution in [-0.2, 0) is 10.0 Å². The van der Waals surface area contributed by atoms with Gasteiger partial charge in [0, 0.05) is 19.1 Å². The molecule has 2 rings (SSSR count). The van der Waals surface area contributed by atoms with E-state index in [1.165, 1.54) is 13.5 Å². The Morgan fingerprint density at radius 2 is 2.14 bits per heavy atom. The summed E-state index contributed by atoms with van der Waals surface area (Å²) in [6, 6.07) is 7.68. The van der Waals surface area contributed by atoms with Crippen molar-refractivity contribution in [2.24, 2.45) is 0 Å². The Balaban J connectivity index is 2.31. The first-order valence-electron chi connectivity index (χ1n) is 7.59. The second kappa shape index (κ2) is 7.24. The van der Waals surface area contributed by atoms with Crippen LogP contribution >= 0.6 is 0 Å². The first-order chi connectivity index (χ1) is 10.1. The third-order valence-corrected chi connectivity index (χ3v) is 5.32. The fourth-order valence-electron chi connectivity index (χ4n) is 2.81. The SMILES string of the molecule is CCCN(CC1CCCN1)c1ccccc1S(=O)(=O)NC. The van der Waals surface area contributed by atoms with Crippen LogP contribution in [0.5, 0.6) is 0 Å². The molecular weight excluding hydrogens is 286 g/mol. The van der Waals surface area contributed by atoms with Crippen molar-refractivity contribution in [1.29, 1.82) is 0 Å². The lowest BCUT2D eigenvalue weighted by atomic mass is 10.2. The zero-order chi connectivity index (χ0) is 15.3. The predicted molar refractivity (Wildman–Crippen MR) is 86.2 cm³/mol. The summed E-state index contributed by atoms with van der Waals surface area (Å²) >= 11 is 0. The molecule has 1 aliphatic heterocycles. The van der Waals surface area contributed by atoms with E-state index in [4.69, 9.17) is 0 Å². The van der Waals surface area contributed by atoms with Crippen LogP contribution in [0.25, 0.3) is 0 Å². The summed E-state index contributed by atoms with van der Waals surface area (Å²) in [6.07, 6.45) is 3.34. The van der Waals surface area contributed by atoms with Gasteiger partial charge >= 0.3 is 0 Å². The van der Waals surface area contributed by atoms with Gasteiger partial charge in [0.2, 0.25) is 10.0 Å². The van der Waals surface area contributed by atoms with Crippen LogP contribution < -0.4 is 14.9 Å². The van der Waals surface area contributed by atoms with Crippen LogP contribution in [0.2, 0.25) is 0 Å². The van der Waals surface area contributed by atoms with Gasteiger partial charge in [0.05, 0.1) is 5.69 Å². The van der Waals surface area contributed by atoms with Gasteiger partial charge in [-0.2, -0.15) is 0 Å². The smallest absolute Gasteiger partial charge is 0.242 e. The average Bonchev–Trinajstić information content (AvgIpc) is 3.00. The maximum Gasteiger partial charge on any atom is 0.242 e. The molecule has 5 nitrogen and oxygen atoms in total. The number of nitrogens with one attached hydrogen (secondary N) is 2. The zero-order valence-electron chi connectivity index (χ0n) is 12.8. The summed E-state index contributed by atoms with van der Waals surface area (Å²) in [5.74, 6) is 0. The molecule has 1 aromatic carbocycles. The zero-order valence-corrected chi connectivity index (χ0v) is 13.6. The molecule has 1 unspecified atom stereocenters. The molecule has 1 saturated heterocycles. The van der Waals surface area contributed by atoms with E-state index in [1.807, 2.05) is 12.1 Å². The lowest BCUT2D eigenvalue weighted by Gasteiger charge is -2.29. The van der Waals surface area contributed by atoms with E-state index in [-0.39, 0.29) is 0 Å². The molecule has 1 aromatic rings. The van der Waals surface area contributed by atoms with Gasteiger partial charge in [-0.3, -0.25) is 0 Å². The number of anilines is 1. The summed E-state index contributed by atoms with van der Waals surface area (Å²) < 4.78 is 26.8. The third-order valence-electron chi connectivity index (χ3n) is 3.86. The summed E-state index contributed by atoms with van der Waals surface area (Å²) in [6.45, 7) is 4.88. The molecule has 0 aromatic heterocycles. The maximum atomic E-state index is 12.2. The summed E-state index contributed by atoms with van der Waals surface area (Å²) in [4.78, 5) is 2.55. The Labute approximate surface area is 127 Å². The standard InChI is InChI=1S/C15H25N3O2S/c1-3-11-18(12-13-7-6-10-17-13)14-8-4-5-9-15(14)21(19,20)16-2/h4-5,8-9,13,16-17H,3,6-7,10-12H2,1-2H3. The van der Waals surface area contributed by atoms with E-state index < -0.39 is 10.0 Å². The molecule has 0 radical (unpaired) electrons. The summed E-state index contributed by atoms with van der Waals surface area (Å²) in [5, 5.41) is 3.48. The molecule has 2 N–H and O–H groups in total. The molecule has 21 heavy (non-hydrogen) atoms. The Bertz CT molecular complexity index is 554. The first-order valence-corrected chi connectivity index (χ1v) is 9.07. The molecule has 118 valence electrons. The van der Waals surface area contributed by atoms with Gasteiger partial charge < -0.3 is 10.2 Å². The number of para-hydroxylation sites is 1. The van der Waals surface area contributed by atoms with E-state index in [1.54, 1.807) is 12.1 Å². The average molecular weight is 311 g/mol. The second-order valence-corrected chi connectivity index (χ2v) is 7.27. The van der Waals surface area contributed by atoms with Gasteiger partial charge in [0.1, 0.15) is 4.90 Å². The van der Waals surface area contributed by atoms with Crippen LogP contribution in [0.1, 0.15) is 26.2 Å². The number of sulfonamides is 1. The molecule has 0 bridgehead atoms. The van der Waals surface area contributed by atoms with Gasteiger partial charge in [0.25, 0.3) is 0 Å². The molecule has 0 aliphatic carbocycles. The highest BCUT2D eigenvalue weighted by Crippen LogP contribution is 2.26. The largest absolute Gasteiger partial charge is 0.369 e. The van der Waals surface area contributed by atoms with Crippen molar-refractivity contribution < 1.29 is 8.42 Å². The highest BCUT2D eigenvalue weighted by molar-refractivity contribution is 7.89. The highest BCUT2D eigenvalue weighted by atomic mass is 32.2. The minimum absolute atomic E-state index is 0.360. The number of nitrogens with zero attached hydrogens (tertiary/aromatic N) is 1. The highest BCUT2D eigenvalue weighted by Gasteiger charge is 2.23. The predicted octanol–water partition coefficient (Wildman–Crippen LogP) is 1.56. The van der Waals surface area contributed by atoms with Crippen molar-refractivity contribution in [2.45, 2.75) is 37.1 Å². The Hall–Kier alpha value is -1.11. The van der Waals surface area contributed by atoms with Gasteiger partial charge in [-0.15, -0.1) is 0 Å². The minimum atomic E-state index is -3.44. The van der Waals surface area contributed by atoms with E-state index in [0.717, 1.165) is 38.2 Å². The van der Waals surface area contributed by atoms with Crippen LogP contribution in [0, 0.1) is 0 Å². The molecule has 0 spiro atoms. The topological polar surface area (TPSA) is 61.4 Å². The van der Waals surface area contributed by atoms with Gasteiger partial charge in [-0.1, -0.05) is 19.1 Å². The molecule has 1 aliphatic rings. The molecular formula is C15H25N3O2S. The van der Waals surface area contributed by atoms with Gasteiger partial charge in [0.15, 0.2) is 0 Å². The first kappa shape index (κ1) is 16.3. The number of hydrogen-bond acceptors (Lipinski definition) is 4. The van der Waals surface area contributed by atoms with Gasteiger partial charge in [-0.25, -0.2) is 13.1 Å². The quantitative estimate of drug-likeness (QED) is 0.802. The molecule has 1 fully saturated rings. The molecule has 1 atom stereocenters. The maximum absolute atomic E-state index is 12.2. The number of hydrogen-bond donors (Lipinski definition) is 2. The van der Waals surface area contributed by atoms with E-state index >= 15 is 0 Å². The van der Waals surface area contributed by atoms with Gasteiger partial charge in [-0.05, 0) is 45.0 Å². The molecule has 0 amide bonds. The Kier molecular flexibility index (Phi) is 5.61. The van der Waals surface area contributed by atoms with E-state index in [9.17, 15) is 8.42 Å². The second-order valence-electron chi connectivity index (χ2n) is 5.41. The van der Waals surface area contributed by atoms with Crippen molar-refractivity contribution in [3.63, 3.8) is 0 Å². The summed E-state index contributed by atoms with van der Waals surface area (Å²) in [5.41, 5.74) is 0.794. The van der Waals surface area contributed by atoms with Crippen LogP contribution in [-0.4, -0.2) is 41.1 Å². The normalized spacial score (nSPS) is 18.9. The lowest BCUT2D eigenvalue weighted by molar-refractivity contribution is 0.571. The fraction of sp³-hybridized carbons (Fsp3) is 0.600. The van der Waals surface area contributed by atoms with E-state index in [2.05, 4.69) is 21.9 Å². The number of benzene rings is 1. The Morgan fingerprint density at radius 3 is 2.76 bits per heavy atom. The van der Waals surface area contributed by atoms with Crippen LogP contribution in [0.15, 0.2) is 29.2 Å². The fourth-order valence-corrected chi connectivity index (χ4v) is 3.76. The van der Waals surface area contributed by atoms with Crippen molar-refractivity contribution in [3.8, 4) is 0 Å². The number of rotatable bonds is 7. The van der Waals surface area contributed by atoms with Crippen molar-refractivity contribution in [2.75, 3.05) is 31.6 Å². The van der Waals surface area contributed by atoms with Crippen molar-refractivity contribution in [1.82, 2.24) is 10.0 Å². The summed E-state index contributed by atoms with van der Waals surface area (Å²) in [7, 11) is -1.98. The monoisotopic (exact) mass is 311 g/mol. The van der Waals surface area contributed by atoms with Crippen molar-refractivity contribution >= 4 is 15.7 Å². The molecule has 6 heteroatoms. The lowest BCUT2D eigenvalue weighted by Crippen LogP contribution is -2.39. The Morgan fingerprint density at radius 1 is 1.38 bits per heavy atom. The molecule has 0 saturated carbocycles.